The van der Waals surface area contributed by atoms with Crippen LogP contribution in [0.1, 0.15) is 53.8 Å². The van der Waals surface area contributed by atoms with Gasteiger partial charge in [-0.05, 0) is 41.0 Å². The van der Waals surface area contributed by atoms with E-state index in [1.165, 1.54) is 22.3 Å². The normalized spacial score (nSPS) is 14.0. The number of hydrogen-bond acceptors (Lipinski definition) is 0. The van der Waals surface area contributed by atoms with Gasteiger partial charge in [0.2, 0.25) is 0 Å². The summed E-state index contributed by atoms with van der Waals surface area (Å²) < 4.78 is 0. The van der Waals surface area contributed by atoms with E-state index in [1.807, 2.05) is 0 Å². The minimum atomic E-state index is 0.367. The van der Waals surface area contributed by atoms with Crippen molar-refractivity contribution in [3.05, 3.63) is 70.8 Å². The van der Waals surface area contributed by atoms with Crippen LogP contribution in [0.5, 0.6) is 0 Å². The molecular formula is C19H23Br. The third-order valence-electron chi connectivity index (χ3n) is 4.06. The summed E-state index contributed by atoms with van der Waals surface area (Å²) >= 11 is 3.94. The molecule has 0 heterocycles. The van der Waals surface area contributed by atoms with Gasteiger partial charge in [0.1, 0.15) is 0 Å². The van der Waals surface area contributed by atoms with Crippen LogP contribution in [0, 0.1) is 0 Å². The molecule has 106 valence electrons. The van der Waals surface area contributed by atoms with E-state index >= 15 is 0 Å². The average Bonchev–Trinajstić information content (AvgIpc) is 2.53. The van der Waals surface area contributed by atoms with Crippen molar-refractivity contribution in [3.63, 3.8) is 0 Å². The summed E-state index contributed by atoms with van der Waals surface area (Å²) in [6.07, 6.45) is 2.18. The van der Waals surface area contributed by atoms with Crippen molar-refractivity contribution < 1.29 is 0 Å². The molecule has 20 heavy (non-hydrogen) atoms. The maximum Gasteiger partial charge on any atom is 0.0463 e. The molecule has 0 aliphatic rings. The van der Waals surface area contributed by atoms with E-state index in [2.05, 4.69) is 85.2 Å². The van der Waals surface area contributed by atoms with Gasteiger partial charge in [-0.25, -0.2) is 0 Å². The van der Waals surface area contributed by atoms with Gasteiger partial charge < -0.3 is 0 Å². The van der Waals surface area contributed by atoms with Crippen molar-refractivity contribution in [1.82, 2.24) is 0 Å². The number of benzene rings is 2. The second-order valence-electron chi connectivity index (χ2n) is 5.34. The highest BCUT2D eigenvalue weighted by atomic mass is 79.9. The third-order valence-corrected chi connectivity index (χ3v) is 5.35. The van der Waals surface area contributed by atoms with Crippen LogP contribution in [0.15, 0.2) is 48.5 Å². The fourth-order valence-electron chi connectivity index (χ4n) is 2.64. The molecule has 0 nitrogen and oxygen atoms in total. The van der Waals surface area contributed by atoms with Crippen LogP contribution < -0.4 is 0 Å². The molecule has 0 saturated carbocycles. The molecule has 0 bridgehead atoms. The quantitative estimate of drug-likeness (QED) is 0.585. The molecule has 2 aromatic carbocycles. The summed E-state index contributed by atoms with van der Waals surface area (Å²) in [5, 5.41) is 0. The zero-order chi connectivity index (χ0) is 14.5. The Morgan fingerprint density at radius 1 is 0.950 bits per heavy atom. The molecule has 2 atom stereocenters. The Kier molecular flexibility index (Phi) is 5.42. The van der Waals surface area contributed by atoms with E-state index in [0.717, 1.165) is 12.8 Å². The van der Waals surface area contributed by atoms with E-state index in [4.69, 9.17) is 0 Å². The second kappa shape index (κ2) is 7.08. The van der Waals surface area contributed by atoms with E-state index in [9.17, 15) is 0 Å². The zero-order valence-electron chi connectivity index (χ0n) is 12.6. The van der Waals surface area contributed by atoms with Crippen molar-refractivity contribution in [2.45, 2.75) is 44.4 Å². The molecule has 0 radical (unpaired) electrons. The van der Waals surface area contributed by atoms with Crippen molar-refractivity contribution in [2.24, 2.45) is 0 Å². The van der Waals surface area contributed by atoms with Gasteiger partial charge in [-0.3, -0.25) is 0 Å². The molecule has 0 saturated heterocycles. The lowest BCUT2D eigenvalue weighted by Crippen LogP contribution is -2.05. The molecule has 0 amide bonds. The average molecular weight is 331 g/mol. The molecule has 0 fully saturated rings. The molecule has 0 spiro atoms. The predicted molar refractivity (Wildman–Crippen MR) is 91.7 cm³/mol. The fraction of sp³-hybridized carbons (Fsp3) is 0.368. The first-order valence-electron chi connectivity index (χ1n) is 7.48. The van der Waals surface area contributed by atoms with E-state index in [-0.39, 0.29) is 0 Å². The van der Waals surface area contributed by atoms with E-state index in [0.29, 0.717) is 10.7 Å². The first kappa shape index (κ1) is 15.3. The predicted octanol–water partition coefficient (Wildman–Crippen LogP) is 6.05. The van der Waals surface area contributed by atoms with Crippen molar-refractivity contribution in [3.8, 4) is 0 Å². The molecular weight excluding hydrogens is 308 g/mol. The Balaban J connectivity index is 2.34. The summed E-state index contributed by atoms with van der Waals surface area (Å²) in [6, 6.07) is 17.7. The lowest BCUT2D eigenvalue weighted by molar-refractivity contribution is 0.743. The summed E-state index contributed by atoms with van der Waals surface area (Å²) in [7, 11) is 0. The molecule has 0 aliphatic heterocycles. The number of aryl methyl sites for hydroxylation is 2. The van der Waals surface area contributed by atoms with Gasteiger partial charge in [0.15, 0.2) is 0 Å². The molecule has 2 unspecified atom stereocenters. The van der Waals surface area contributed by atoms with Crippen LogP contribution in [0.4, 0.5) is 0 Å². The van der Waals surface area contributed by atoms with Gasteiger partial charge in [0.25, 0.3) is 0 Å². The van der Waals surface area contributed by atoms with Gasteiger partial charge in [-0.15, -0.1) is 0 Å². The minimum Gasteiger partial charge on any atom is -0.0832 e. The summed E-state index contributed by atoms with van der Waals surface area (Å²) in [5.74, 6) is 0.466. The molecule has 0 aromatic heterocycles. The number of hydrogen-bond donors (Lipinski definition) is 0. The first-order valence-corrected chi connectivity index (χ1v) is 8.39. The highest BCUT2D eigenvalue weighted by Gasteiger charge is 2.20. The Morgan fingerprint density at radius 3 is 2.25 bits per heavy atom. The highest BCUT2D eigenvalue weighted by Crippen LogP contribution is 2.39. The van der Waals surface area contributed by atoms with E-state index < -0.39 is 0 Å². The monoisotopic (exact) mass is 330 g/mol. The van der Waals surface area contributed by atoms with Crippen LogP contribution in [0.2, 0.25) is 0 Å². The van der Waals surface area contributed by atoms with Crippen LogP contribution in [0.25, 0.3) is 0 Å². The van der Waals surface area contributed by atoms with Gasteiger partial charge in [-0.1, -0.05) is 85.2 Å². The Bertz CT molecular complexity index is 545. The Hall–Kier alpha value is -1.08. The Morgan fingerprint density at radius 2 is 1.65 bits per heavy atom. The summed E-state index contributed by atoms with van der Waals surface area (Å²) in [5.41, 5.74) is 5.70. The van der Waals surface area contributed by atoms with Crippen molar-refractivity contribution in [1.29, 1.82) is 0 Å². The van der Waals surface area contributed by atoms with E-state index in [1.54, 1.807) is 0 Å². The summed E-state index contributed by atoms with van der Waals surface area (Å²) in [4.78, 5) is 0.367. The first-order chi connectivity index (χ1) is 9.67. The minimum absolute atomic E-state index is 0.367. The van der Waals surface area contributed by atoms with Crippen LogP contribution in [0.3, 0.4) is 0 Å². The van der Waals surface area contributed by atoms with Crippen molar-refractivity contribution >= 4 is 15.9 Å². The molecule has 1 heteroatoms. The molecule has 0 aliphatic carbocycles. The standard InChI is InChI=1S/C19H23Br/c1-4-15-11-12-16(5-2)18(13-15)19(20)14(3)17-9-7-6-8-10-17/h6-14,19H,4-5H2,1-3H3. The lowest BCUT2D eigenvalue weighted by Gasteiger charge is -2.22. The smallest absolute Gasteiger partial charge is 0.0463 e. The summed E-state index contributed by atoms with van der Waals surface area (Å²) in [6.45, 7) is 6.75. The number of rotatable bonds is 5. The highest BCUT2D eigenvalue weighted by molar-refractivity contribution is 9.09. The molecule has 2 aromatic rings. The van der Waals surface area contributed by atoms with Gasteiger partial charge in [0.05, 0.1) is 0 Å². The van der Waals surface area contributed by atoms with Crippen LogP contribution >= 0.6 is 15.9 Å². The van der Waals surface area contributed by atoms with Gasteiger partial charge >= 0.3 is 0 Å². The topological polar surface area (TPSA) is 0 Å². The largest absolute Gasteiger partial charge is 0.0832 e. The second-order valence-corrected chi connectivity index (χ2v) is 6.33. The Labute approximate surface area is 131 Å². The third kappa shape index (κ3) is 3.32. The van der Waals surface area contributed by atoms with Crippen LogP contribution in [-0.2, 0) is 12.8 Å². The molecule has 2 rings (SSSR count). The number of alkyl halides is 1. The maximum atomic E-state index is 3.94. The fourth-order valence-corrected chi connectivity index (χ4v) is 3.37. The SMILES string of the molecule is CCc1ccc(CC)c(C(Br)C(C)c2ccccc2)c1. The molecule has 0 N–H and O–H groups in total. The van der Waals surface area contributed by atoms with Gasteiger partial charge in [0, 0.05) is 4.83 Å². The zero-order valence-corrected chi connectivity index (χ0v) is 14.2. The van der Waals surface area contributed by atoms with Crippen LogP contribution in [-0.4, -0.2) is 0 Å². The number of halogens is 1. The lowest BCUT2D eigenvalue weighted by atomic mass is 9.89. The van der Waals surface area contributed by atoms with Crippen molar-refractivity contribution in [2.75, 3.05) is 0 Å². The maximum absolute atomic E-state index is 3.94. The van der Waals surface area contributed by atoms with Gasteiger partial charge in [-0.2, -0.15) is 0 Å².